The van der Waals surface area contributed by atoms with Crippen molar-refractivity contribution in [2.75, 3.05) is 10.2 Å². The molecule has 36 heavy (non-hydrogen) atoms. The van der Waals surface area contributed by atoms with Gasteiger partial charge in [-0.3, -0.25) is 19.3 Å². The number of nitrogens with one attached hydrogen (secondary N) is 1. The third kappa shape index (κ3) is 4.39. The summed E-state index contributed by atoms with van der Waals surface area (Å²) >= 11 is 0. The Morgan fingerprint density at radius 1 is 0.806 bits per heavy atom. The van der Waals surface area contributed by atoms with Crippen LogP contribution in [-0.4, -0.2) is 17.7 Å². The molecule has 0 aromatic heterocycles. The highest BCUT2D eigenvalue weighted by Crippen LogP contribution is 2.45. The van der Waals surface area contributed by atoms with Crippen molar-refractivity contribution in [1.82, 2.24) is 0 Å². The first-order valence-corrected chi connectivity index (χ1v) is 11.7. The molecule has 0 bridgehead atoms. The number of alkyl halides is 3. The van der Waals surface area contributed by atoms with Crippen molar-refractivity contribution >= 4 is 29.1 Å². The third-order valence-electron chi connectivity index (χ3n) is 7.06. The fourth-order valence-corrected chi connectivity index (χ4v) is 5.26. The first kappa shape index (κ1) is 23.8. The van der Waals surface area contributed by atoms with Crippen LogP contribution in [-0.2, 0) is 15.8 Å². The molecule has 1 N–H and O–H groups in total. The van der Waals surface area contributed by atoms with E-state index in [9.17, 15) is 27.6 Å². The molecule has 3 amide bonds. The molecule has 3 aromatic carbocycles. The average molecular weight is 492 g/mol. The van der Waals surface area contributed by atoms with E-state index in [0.29, 0.717) is 18.5 Å². The molecule has 3 aromatic rings. The zero-order chi connectivity index (χ0) is 25.4. The number of imide groups is 1. The van der Waals surface area contributed by atoms with Gasteiger partial charge in [0.25, 0.3) is 5.91 Å². The van der Waals surface area contributed by atoms with E-state index in [2.05, 4.69) is 5.32 Å². The van der Waals surface area contributed by atoms with Gasteiger partial charge in [-0.05, 0) is 67.1 Å². The maximum absolute atomic E-state index is 13.2. The summed E-state index contributed by atoms with van der Waals surface area (Å²) in [6, 6.07) is 20.4. The van der Waals surface area contributed by atoms with Crippen LogP contribution in [0, 0.1) is 11.8 Å². The Hall–Kier alpha value is -3.94. The summed E-state index contributed by atoms with van der Waals surface area (Å²) in [6.07, 6.45) is -2.55. The Balaban J connectivity index is 1.31. The van der Waals surface area contributed by atoms with Crippen molar-refractivity contribution in [3.05, 3.63) is 95.6 Å². The van der Waals surface area contributed by atoms with E-state index in [1.807, 2.05) is 30.3 Å². The minimum atomic E-state index is -4.61. The van der Waals surface area contributed by atoms with Crippen molar-refractivity contribution < 1.29 is 27.6 Å². The van der Waals surface area contributed by atoms with Gasteiger partial charge in [0, 0.05) is 5.56 Å². The third-order valence-corrected chi connectivity index (χ3v) is 7.06. The number of para-hydroxylation sites is 1. The second-order valence-corrected chi connectivity index (χ2v) is 9.19. The highest BCUT2D eigenvalue weighted by atomic mass is 19.4. The summed E-state index contributed by atoms with van der Waals surface area (Å²) in [6.45, 7) is 0. The summed E-state index contributed by atoms with van der Waals surface area (Å²) in [4.78, 5) is 40.1. The summed E-state index contributed by atoms with van der Waals surface area (Å²) in [5.74, 6) is -1.75. The first-order valence-electron chi connectivity index (χ1n) is 11.7. The molecule has 2 fully saturated rings. The van der Waals surface area contributed by atoms with Gasteiger partial charge in [-0.2, -0.15) is 13.2 Å². The normalized spacial score (nSPS) is 21.9. The molecule has 5 rings (SSSR count). The van der Waals surface area contributed by atoms with Crippen LogP contribution in [0.15, 0.2) is 78.9 Å². The summed E-state index contributed by atoms with van der Waals surface area (Å²) in [7, 11) is 0. The van der Waals surface area contributed by atoms with Gasteiger partial charge in [0.2, 0.25) is 11.8 Å². The van der Waals surface area contributed by atoms with Crippen molar-refractivity contribution in [1.29, 1.82) is 0 Å². The number of amides is 3. The quantitative estimate of drug-likeness (QED) is 0.452. The van der Waals surface area contributed by atoms with Crippen LogP contribution in [0.2, 0.25) is 0 Å². The lowest BCUT2D eigenvalue weighted by atomic mass is 9.73. The molecule has 8 heteroatoms. The summed E-state index contributed by atoms with van der Waals surface area (Å²) in [5, 5.41) is 2.29. The number of carbonyl (C=O) groups excluding carboxylic acids is 3. The van der Waals surface area contributed by atoms with Gasteiger partial charge in [0.15, 0.2) is 0 Å². The van der Waals surface area contributed by atoms with Gasteiger partial charge in [0.05, 0.1) is 28.8 Å². The van der Waals surface area contributed by atoms with Crippen molar-refractivity contribution in [3.63, 3.8) is 0 Å². The van der Waals surface area contributed by atoms with Gasteiger partial charge < -0.3 is 5.32 Å². The number of halogens is 3. The maximum Gasteiger partial charge on any atom is 0.418 e. The Morgan fingerprint density at radius 2 is 1.44 bits per heavy atom. The topological polar surface area (TPSA) is 66.5 Å². The van der Waals surface area contributed by atoms with E-state index >= 15 is 0 Å². The molecule has 5 nitrogen and oxygen atoms in total. The number of rotatable bonds is 4. The van der Waals surface area contributed by atoms with Crippen LogP contribution in [0.3, 0.4) is 0 Å². The van der Waals surface area contributed by atoms with Gasteiger partial charge in [-0.1, -0.05) is 42.5 Å². The second kappa shape index (κ2) is 9.26. The van der Waals surface area contributed by atoms with Crippen molar-refractivity contribution in [2.24, 2.45) is 11.8 Å². The monoisotopic (exact) mass is 492 g/mol. The van der Waals surface area contributed by atoms with E-state index in [0.717, 1.165) is 18.1 Å². The van der Waals surface area contributed by atoms with Gasteiger partial charge in [-0.25, -0.2) is 0 Å². The lowest BCUT2D eigenvalue weighted by Crippen LogP contribution is -2.30. The van der Waals surface area contributed by atoms with E-state index in [1.54, 1.807) is 0 Å². The van der Waals surface area contributed by atoms with Gasteiger partial charge in [-0.15, -0.1) is 0 Å². The molecule has 1 aliphatic carbocycles. The van der Waals surface area contributed by atoms with E-state index in [-0.39, 0.29) is 34.9 Å². The second-order valence-electron chi connectivity index (χ2n) is 9.19. The minimum absolute atomic E-state index is 0.108. The average Bonchev–Trinajstić information content (AvgIpc) is 3.13. The van der Waals surface area contributed by atoms with Gasteiger partial charge >= 0.3 is 6.18 Å². The molecule has 3 atom stereocenters. The number of hydrogen-bond donors (Lipinski definition) is 1. The Labute approximate surface area is 205 Å². The SMILES string of the molecule is O=C(Nc1ccccc1C(F)(F)F)c1ccc(N2C(=O)[C@@H]3CC[C@H](c4ccccc4)C[C@H]3C2=O)cc1. The van der Waals surface area contributed by atoms with E-state index in [4.69, 9.17) is 0 Å². The molecule has 0 spiro atoms. The molecule has 1 saturated heterocycles. The molecule has 0 unspecified atom stereocenters. The maximum atomic E-state index is 13.2. The van der Waals surface area contributed by atoms with Crippen LogP contribution in [0.1, 0.15) is 46.7 Å². The van der Waals surface area contributed by atoms with Crippen molar-refractivity contribution in [2.45, 2.75) is 31.4 Å². The summed E-state index contributed by atoms with van der Waals surface area (Å²) in [5.41, 5.74) is 0.331. The number of nitrogens with zero attached hydrogens (tertiary/aromatic N) is 1. The molecule has 1 heterocycles. The molecule has 1 saturated carbocycles. The molecular formula is C28H23F3N2O3. The van der Waals surface area contributed by atoms with Crippen LogP contribution in [0.4, 0.5) is 24.5 Å². The molecule has 0 radical (unpaired) electrons. The lowest BCUT2D eigenvalue weighted by molar-refractivity contribution is -0.137. The molecule has 2 aliphatic rings. The predicted octanol–water partition coefficient (Wildman–Crippen LogP) is 6.03. The van der Waals surface area contributed by atoms with Gasteiger partial charge in [0.1, 0.15) is 0 Å². The minimum Gasteiger partial charge on any atom is -0.321 e. The Bertz CT molecular complexity index is 1310. The number of anilines is 2. The van der Waals surface area contributed by atoms with Crippen LogP contribution >= 0.6 is 0 Å². The van der Waals surface area contributed by atoms with Crippen LogP contribution in [0.5, 0.6) is 0 Å². The smallest absolute Gasteiger partial charge is 0.321 e. The Kier molecular flexibility index (Phi) is 6.12. The number of benzene rings is 3. The van der Waals surface area contributed by atoms with Crippen LogP contribution < -0.4 is 10.2 Å². The fourth-order valence-electron chi connectivity index (χ4n) is 5.26. The van der Waals surface area contributed by atoms with Crippen molar-refractivity contribution in [3.8, 4) is 0 Å². The molecular weight excluding hydrogens is 469 g/mol. The highest BCUT2D eigenvalue weighted by Gasteiger charge is 2.50. The fraction of sp³-hybridized carbons (Fsp3) is 0.250. The predicted molar refractivity (Wildman–Crippen MR) is 128 cm³/mol. The number of fused-ring (bicyclic) bond motifs is 1. The standard InChI is InChI=1S/C28H23F3N2O3/c29-28(30,31)23-8-4-5-9-24(23)32-25(34)18-10-13-20(14-11-18)33-26(35)21-15-12-19(16-22(21)27(33)36)17-6-2-1-3-7-17/h1-11,13-14,19,21-22H,12,15-16H2,(H,32,34)/t19-,21+,22+/m0/s1. The molecule has 184 valence electrons. The summed E-state index contributed by atoms with van der Waals surface area (Å²) < 4.78 is 39.7. The Morgan fingerprint density at radius 3 is 2.14 bits per heavy atom. The highest BCUT2D eigenvalue weighted by molar-refractivity contribution is 6.22. The van der Waals surface area contributed by atoms with E-state index < -0.39 is 23.6 Å². The zero-order valence-electron chi connectivity index (χ0n) is 19.2. The molecule has 1 aliphatic heterocycles. The van der Waals surface area contributed by atoms with Crippen LogP contribution in [0.25, 0.3) is 0 Å². The zero-order valence-corrected chi connectivity index (χ0v) is 19.2. The first-order chi connectivity index (χ1) is 17.2. The number of carbonyl (C=O) groups is 3. The lowest BCUT2D eigenvalue weighted by Gasteiger charge is -2.28. The number of hydrogen-bond acceptors (Lipinski definition) is 3. The van der Waals surface area contributed by atoms with E-state index in [1.165, 1.54) is 47.4 Å². The largest absolute Gasteiger partial charge is 0.418 e.